The first-order chi connectivity index (χ1) is 7.59. The second-order valence-corrected chi connectivity index (χ2v) is 4.98. The number of hydrogen-bond acceptors (Lipinski definition) is 4. The standard InChI is InChI=1S/C12H26N2O2/c1-10(2)16-9-12(15)8-14(3)11-5-4-6-13-7-11/h10-13,15H,4-9H2,1-3H3. The van der Waals surface area contributed by atoms with E-state index in [2.05, 4.69) is 17.3 Å². The third-order valence-electron chi connectivity index (χ3n) is 3.01. The number of aliphatic hydroxyl groups excluding tert-OH is 1. The van der Waals surface area contributed by atoms with Crippen molar-refractivity contribution in [3.05, 3.63) is 0 Å². The Morgan fingerprint density at radius 3 is 2.81 bits per heavy atom. The highest BCUT2D eigenvalue weighted by atomic mass is 16.5. The smallest absolute Gasteiger partial charge is 0.0900 e. The van der Waals surface area contributed by atoms with Gasteiger partial charge in [-0.1, -0.05) is 0 Å². The average Bonchev–Trinajstić information content (AvgIpc) is 2.27. The molecule has 1 heterocycles. The lowest BCUT2D eigenvalue weighted by Gasteiger charge is -2.33. The average molecular weight is 230 g/mol. The van der Waals surface area contributed by atoms with Crippen molar-refractivity contribution < 1.29 is 9.84 Å². The van der Waals surface area contributed by atoms with E-state index in [4.69, 9.17) is 4.74 Å². The summed E-state index contributed by atoms with van der Waals surface area (Å²) >= 11 is 0. The molecule has 1 aliphatic rings. The van der Waals surface area contributed by atoms with E-state index in [1.165, 1.54) is 12.8 Å². The van der Waals surface area contributed by atoms with Crippen LogP contribution in [-0.2, 0) is 4.74 Å². The molecular weight excluding hydrogens is 204 g/mol. The molecule has 0 bridgehead atoms. The van der Waals surface area contributed by atoms with Crippen LogP contribution in [0.4, 0.5) is 0 Å². The lowest BCUT2D eigenvalue weighted by molar-refractivity contribution is -0.0113. The summed E-state index contributed by atoms with van der Waals surface area (Å²) in [6, 6.07) is 0.558. The minimum absolute atomic E-state index is 0.191. The van der Waals surface area contributed by atoms with Gasteiger partial charge in [-0.25, -0.2) is 0 Å². The van der Waals surface area contributed by atoms with Gasteiger partial charge in [0.25, 0.3) is 0 Å². The van der Waals surface area contributed by atoms with E-state index in [1.807, 2.05) is 13.8 Å². The zero-order valence-electron chi connectivity index (χ0n) is 10.8. The molecule has 2 unspecified atom stereocenters. The molecule has 1 saturated heterocycles. The number of likely N-dealkylation sites (N-methyl/N-ethyl adjacent to an activating group) is 1. The summed E-state index contributed by atoms with van der Waals surface area (Å²) < 4.78 is 5.40. The van der Waals surface area contributed by atoms with Crippen molar-refractivity contribution in [2.75, 3.05) is 33.3 Å². The van der Waals surface area contributed by atoms with Crippen LogP contribution in [0.2, 0.25) is 0 Å². The lowest BCUT2D eigenvalue weighted by atomic mass is 10.1. The number of ether oxygens (including phenoxy) is 1. The maximum atomic E-state index is 9.81. The van der Waals surface area contributed by atoms with Crippen molar-refractivity contribution in [1.29, 1.82) is 0 Å². The van der Waals surface area contributed by atoms with Crippen LogP contribution in [0.3, 0.4) is 0 Å². The number of piperidine rings is 1. The van der Waals surface area contributed by atoms with Crippen LogP contribution >= 0.6 is 0 Å². The first kappa shape index (κ1) is 13.9. The normalized spacial score (nSPS) is 24.0. The van der Waals surface area contributed by atoms with Crippen molar-refractivity contribution in [3.63, 3.8) is 0 Å². The molecule has 0 aliphatic carbocycles. The van der Waals surface area contributed by atoms with E-state index in [1.54, 1.807) is 0 Å². The summed E-state index contributed by atoms with van der Waals surface area (Å²) in [7, 11) is 2.08. The number of rotatable bonds is 6. The third-order valence-corrected chi connectivity index (χ3v) is 3.01. The summed E-state index contributed by atoms with van der Waals surface area (Å²) in [4.78, 5) is 2.24. The fraction of sp³-hybridized carbons (Fsp3) is 1.00. The molecule has 0 radical (unpaired) electrons. The van der Waals surface area contributed by atoms with Crippen molar-refractivity contribution >= 4 is 0 Å². The molecule has 0 amide bonds. The van der Waals surface area contributed by atoms with Crippen molar-refractivity contribution in [2.45, 2.75) is 44.9 Å². The second-order valence-electron chi connectivity index (χ2n) is 4.98. The first-order valence-corrected chi connectivity index (χ1v) is 6.30. The monoisotopic (exact) mass is 230 g/mol. The Balaban J connectivity index is 2.18. The lowest BCUT2D eigenvalue weighted by Crippen LogP contribution is -2.47. The summed E-state index contributed by atoms with van der Waals surface area (Å²) in [5, 5.41) is 13.2. The van der Waals surface area contributed by atoms with Crippen molar-refractivity contribution in [2.24, 2.45) is 0 Å². The molecule has 0 spiro atoms. The van der Waals surface area contributed by atoms with Gasteiger partial charge in [0.05, 0.1) is 18.8 Å². The quantitative estimate of drug-likeness (QED) is 0.696. The number of nitrogens with one attached hydrogen (secondary N) is 1. The Bertz CT molecular complexity index is 182. The fourth-order valence-corrected chi connectivity index (χ4v) is 2.05. The number of aliphatic hydroxyl groups is 1. The molecule has 0 aromatic heterocycles. The minimum atomic E-state index is -0.380. The largest absolute Gasteiger partial charge is 0.389 e. The summed E-state index contributed by atoms with van der Waals surface area (Å²) in [5.41, 5.74) is 0. The van der Waals surface area contributed by atoms with Gasteiger partial charge < -0.3 is 15.2 Å². The molecule has 0 aromatic rings. The predicted octanol–water partition coefficient (Wildman–Crippen LogP) is 0.456. The van der Waals surface area contributed by atoms with Gasteiger partial charge in [-0.3, -0.25) is 4.90 Å². The molecule has 1 fully saturated rings. The van der Waals surface area contributed by atoms with Gasteiger partial charge >= 0.3 is 0 Å². The van der Waals surface area contributed by atoms with Gasteiger partial charge in [-0.15, -0.1) is 0 Å². The number of hydrogen-bond donors (Lipinski definition) is 2. The molecule has 16 heavy (non-hydrogen) atoms. The molecular formula is C12H26N2O2. The maximum absolute atomic E-state index is 9.81. The van der Waals surface area contributed by atoms with Crippen LogP contribution in [0.25, 0.3) is 0 Å². The first-order valence-electron chi connectivity index (χ1n) is 6.30. The van der Waals surface area contributed by atoms with Gasteiger partial charge in [0.1, 0.15) is 0 Å². The summed E-state index contributed by atoms with van der Waals surface area (Å²) in [6.07, 6.45) is 2.26. The van der Waals surface area contributed by atoms with Gasteiger partial charge in [-0.2, -0.15) is 0 Å². The van der Waals surface area contributed by atoms with Crippen LogP contribution in [0.1, 0.15) is 26.7 Å². The molecule has 96 valence electrons. The highest BCUT2D eigenvalue weighted by Gasteiger charge is 2.19. The highest BCUT2D eigenvalue weighted by molar-refractivity contribution is 4.77. The second kappa shape index (κ2) is 7.22. The maximum Gasteiger partial charge on any atom is 0.0900 e. The molecule has 4 nitrogen and oxygen atoms in total. The summed E-state index contributed by atoms with van der Waals surface area (Å²) in [6.45, 7) is 7.27. The molecule has 4 heteroatoms. The van der Waals surface area contributed by atoms with Crippen LogP contribution in [0.15, 0.2) is 0 Å². The summed E-state index contributed by atoms with van der Waals surface area (Å²) in [5.74, 6) is 0. The molecule has 2 N–H and O–H groups in total. The van der Waals surface area contributed by atoms with Gasteiger partial charge in [0.15, 0.2) is 0 Å². The fourth-order valence-electron chi connectivity index (χ4n) is 2.05. The zero-order valence-corrected chi connectivity index (χ0v) is 10.8. The molecule has 0 aromatic carbocycles. The van der Waals surface area contributed by atoms with Crippen molar-refractivity contribution in [1.82, 2.24) is 10.2 Å². The van der Waals surface area contributed by atoms with Crippen LogP contribution in [-0.4, -0.2) is 61.5 Å². The van der Waals surface area contributed by atoms with Gasteiger partial charge in [0.2, 0.25) is 0 Å². The van der Waals surface area contributed by atoms with Gasteiger partial charge in [0, 0.05) is 19.1 Å². The highest BCUT2D eigenvalue weighted by Crippen LogP contribution is 2.09. The van der Waals surface area contributed by atoms with E-state index >= 15 is 0 Å². The Kier molecular flexibility index (Phi) is 6.28. The topological polar surface area (TPSA) is 44.7 Å². The van der Waals surface area contributed by atoms with E-state index in [-0.39, 0.29) is 12.2 Å². The Morgan fingerprint density at radius 1 is 1.50 bits per heavy atom. The SMILES string of the molecule is CC(C)OCC(O)CN(C)C1CCCNC1. The Labute approximate surface area is 99.0 Å². The zero-order chi connectivity index (χ0) is 12.0. The molecule has 0 saturated carbocycles. The minimum Gasteiger partial charge on any atom is -0.389 e. The van der Waals surface area contributed by atoms with E-state index in [9.17, 15) is 5.11 Å². The Hall–Kier alpha value is -0.160. The molecule has 1 aliphatic heterocycles. The van der Waals surface area contributed by atoms with Crippen LogP contribution in [0.5, 0.6) is 0 Å². The van der Waals surface area contributed by atoms with Crippen LogP contribution in [0, 0.1) is 0 Å². The molecule has 1 rings (SSSR count). The van der Waals surface area contributed by atoms with E-state index in [0.29, 0.717) is 19.2 Å². The van der Waals surface area contributed by atoms with Crippen LogP contribution < -0.4 is 5.32 Å². The van der Waals surface area contributed by atoms with Crippen molar-refractivity contribution in [3.8, 4) is 0 Å². The number of nitrogens with zero attached hydrogens (tertiary/aromatic N) is 1. The van der Waals surface area contributed by atoms with E-state index < -0.39 is 0 Å². The predicted molar refractivity (Wildman–Crippen MR) is 65.6 cm³/mol. The Morgan fingerprint density at radius 2 is 2.25 bits per heavy atom. The van der Waals surface area contributed by atoms with E-state index in [0.717, 1.165) is 13.1 Å². The van der Waals surface area contributed by atoms with Gasteiger partial charge in [-0.05, 0) is 40.3 Å². The third kappa shape index (κ3) is 5.25. The molecule has 2 atom stereocenters.